The summed E-state index contributed by atoms with van der Waals surface area (Å²) in [7, 11) is 1.57. The number of nitrogens with one attached hydrogen (secondary N) is 2. The third-order valence-electron chi connectivity index (χ3n) is 3.40. The minimum atomic E-state index is -0.443. The van der Waals surface area contributed by atoms with Crippen LogP contribution >= 0.6 is 0 Å². The molecule has 0 bridgehead atoms. The van der Waals surface area contributed by atoms with Crippen molar-refractivity contribution in [1.29, 1.82) is 0 Å². The molecule has 126 valence electrons. The minimum absolute atomic E-state index is 0.0469. The molecule has 0 heterocycles. The third-order valence-corrected chi connectivity index (χ3v) is 3.40. The van der Waals surface area contributed by atoms with Crippen LogP contribution in [-0.4, -0.2) is 31.0 Å². The Morgan fingerprint density at radius 3 is 2.50 bits per heavy atom. The number of nitro groups is 1. The van der Waals surface area contributed by atoms with Crippen LogP contribution in [0.3, 0.4) is 0 Å². The van der Waals surface area contributed by atoms with E-state index in [9.17, 15) is 14.9 Å². The third kappa shape index (κ3) is 4.98. The van der Waals surface area contributed by atoms with Crippen molar-refractivity contribution in [2.75, 3.05) is 25.5 Å². The van der Waals surface area contributed by atoms with Gasteiger partial charge in [0.25, 0.3) is 5.69 Å². The molecule has 0 fully saturated rings. The zero-order valence-electron chi connectivity index (χ0n) is 13.3. The molecule has 0 atom stereocenters. The number of rotatable bonds is 8. The quantitative estimate of drug-likeness (QED) is 0.440. The van der Waals surface area contributed by atoms with Gasteiger partial charge in [-0.15, -0.1) is 0 Å². The summed E-state index contributed by atoms with van der Waals surface area (Å²) in [4.78, 5) is 22.1. The summed E-state index contributed by atoms with van der Waals surface area (Å²) in [6.45, 7) is 0.973. The molecule has 2 rings (SSSR count). The van der Waals surface area contributed by atoms with Gasteiger partial charge in [-0.25, -0.2) is 0 Å². The SMILES string of the molecule is COc1ccccc1CC(=O)NCCNc1ccc([N+](=O)[O-])cc1. The number of para-hydroxylation sites is 1. The zero-order chi connectivity index (χ0) is 17.4. The lowest BCUT2D eigenvalue weighted by Crippen LogP contribution is -2.30. The average molecular weight is 329 g/mol. The first-order valence-electron chi connectivity index (χ1n) is 7.47. The highest BCUT2D eigenvalue weighted by Gasteiger charge is 2.07. The van der Waals surface area contributed by atoms with E-state index in [0.29, 0.717) is 18.8 Å². The molecule has 2 aromatic rings. The smallest absolute Gasteiger partial charge is 0.269 e. The van der Waals surface area contributed by atoms with Crippen LogP contribution < -0.4 is 15.4 Å². The summed E-state index contributed by atoms with van der Waals surface area (Å²) in [6, 6.07) is 13.5. The normalized spacial score (nSPS) is 10.0. The fraction of sp³-hybridized carbons (Fsp3) is 0.235. The van der Waals surface area contributed by atoms with Gasteiger partial charge < -0.3 is 15.4 Å². The summed E-state index contributed by atoms with van der Waals surface area (Å²) in [5.41, 5.74) is 1.64. The molecule has 0 aliphatic rings. The molecule has 2 aromatic carbocycles. The van der Waals surface area contributed by atoms with Gasteiger partial charge in [0.2, 0.25) is 5.91 Å². The molecule has 7 nitrogen and oxygen atoms in total. The van der Waals surface area contributed by atoms with E-state index < -0.39 is 4.92 Å². The van der Waals surface area contributed by atoms with Crippen LogP contribution in [0.5, 0.6) is 5.75 Å². The highest BCUT2D eigenvalue weighted by Crippen LogP contribution is 2.17. The maximum Gasteiger partial charge on any atom is 0.269 e. The van der Waals surface area contributed by atoms with Gasteiger partial charge in [0.05, 0.1) is 18.5 Å². The van der Waals surface area contributed by atoms with Crippen molar-refractivity contribution in [2.24, 2.45) is 0 Å². The van der Waals surface area contributed by atoms with Crippen molar-refractivity contribution in [1.82, 2.24) is 5.32 Å². The van der Waals surface area contributed by atoms with Crippen molar-refractivity contribution in [3.05, 3.63) is 64.2 Å². The van der Waals surface area contributed by atoms with Crippen molar-refractivity contribution in [2.45, 2.75) is 6.42 Å². The topological polar surface area (TPSA) is 93.5 Å². The lowest BCUT2D eigenvalue weighted by Gasteiger charge is -2.10. The van der Waals surface area contributed by atoms with Crippen LogP contribution in [0.4, 0.5) is 11.4 Å². The second-order valence-electron chi connectivity index (χ2n) is 5.07. The largest absolute Gasteiger partial charge is 0.496 e. The number of hydrogen-bond donors (Lipinski definition) is 2. The van der Waals surface area contributed by atoms with Crippen LogP contribution in [-0.2, 0) is 11.2 Å². The van der Waals surface area contributed by atoms with E-state index in [-0.39, 0.29) is 18.0 Å². The van der Waals surface area contributed by atoms with E-state index >= 15 is 0 Å². The second-order valence-corrected chi connectivity index (χ2v) is 5.07. The summed E-state index contributed by atoms with van der Waals surface area (Å²) in [5, 5.41) is 16.5. The molecule has 0 radical (unpaired) electrons. The molecule has 7 heteroatoms. The molecule has 0 spiro atoms. The van der Waals surface area contributed by atoms with E-state index in [4.69, 9.17) is 4.74 Å². The Kier molecular flexibility index (Phi) is 6.13. The average Bonchev–Trinajstić information content (AvgIpc) is 2.59. The highest BCUT2D eigenvalue weighted by atomic mass is 16.6. The summed E-state index contributed by atoms with van der Waals surface area (Å²) >= 11 is 0. The van der Waals surface area contributed by atoms with Crippen LogP contribution in [0.25, 0.3) is 0 Å². The Morgan fingerprint density at radius 2 is 1.83 bits per heavy atom. The molecule has 0 aromatic heterocycles. The lowest BCUT2D eigenvalue weighted by molar-refractivity contribution is -0.384. The van der Waals surface area contributed by atoms with E-state index in [2.05, 4.69) is 10.6 Å². The Balaban J connectivity index is 1.73. The van der Waals surface area contributed by atoms with Crippen LogP contribution in [0, 0.1) is 10.1 Å². The maximum atomic E-state index is 11.9. The number of anilines is 1. The van der Waals surface area contributed by atoms with Crippen LogP contribution in [0.15, 0.2) is 48.5 Å². The van der Waals surface area contributed by atoms with Gasteiger partial charge in [-0.1, -0.05) is 18.2 Å². The lowest BCUT2D eigenvalue weighted by atomic mass is 10.1. The fourth-order valence-electron chi connectivity index (χ4n) is 2.19. The molecule has 1 amide bonds. The number of carbonyl (C=O) groups excluding carboxylic acids is 1. The summed E-state index contributed by atoms with van der Waals surface area (Å²) < 4.78 is 5.22. The first-order valence-corrected chi connectivity index (χ1v) is 7.47. The highest BCUT2D eigenvalue weighted by molar-refractivity contribution is 5.79. The number of amides is 1. The summed E-state index contributed by atoms with van der Waals surface area (Å²) in [5.74, 6) is 0.599. The van der Waals surface area contributed by atoms with E-state index in [0.717, 1.165) is 11.3 Å². The Morgan fingerprint density at radius 1 is 1.12 bits per heavy atom. The van der Waals surface area contributed by atoms with Gasteiger partial charge in [-0.3, -0.25) is 14.9 Å². The molecule has 0 saturated carbocycles. The number of non-ortho nitro benzene ring substituents is 1. The maximum absolute atomic E-state index is 11.9. The van der Waals surface area contributed by atoms with Crippen molar-refractivity contribution >= 4 is 17.3 Å². The molecule has 2 N–H and O–H groups in total. The van der Waals surface area contributed by atoms with Gasteiger partial charge in [0, 0.05) is 36.5 Å². The minimum Gasteiger partial charge on any atom is -0.496 e. The number of nitro benzene ring substituents is 1. The number of methoxy groups -OCH3 is 1. The Hall–Kier alpha value is -3.09. The molecule has 0 aliphatic heterocycles. The standard InChI is InChI=1S/C17H19N3O4/c1-24-16-5-3-2-4-13(16)12-17(21)19-11-10-18-14-6-8-15(9-7-14)20(22)23/h2-9,18H,10-12H2,1H3,(H,19,21). The number of benzene rings is 2. The molecular weight excluding hydrogens is 310 g/mol. The molecule has 0 unspecified atom stereocenters. The predicted molar refractivity (Wildman–Crippen MR) is 91.3 cm³/mol. The molecular formula is C17H19N3O4. The Bertz CT molecular complexity index is 701. The van der Waals surface area contributed by atoms with Gasteiger partial charge in [0.15, 0.2) is 0 Å². The van der Waals surface area contributed by atoms with Gasteiger partial charge in [-0.2, -0.15) is 0 Å². The number of ether oxygens (including phenoxy) is 1. The predicted octanol–water partition coefficient (Wildman–Crippen LogP) is 2.37. The van der Waals surface area contributed by atoms with Crippen molar-refractivity contribution < 1.29 is 14.5 Å². The first-order chi connectivity index (χ1) is 11.6. The van der Waals surface area contributed by atoms with Crippen molar-refractivity contribution in [3.8, 4) is 5.75 Å². The van der Waals surface area contributed by atoms with Gasteiger partial charge >= 0.3 is 0 Å². The van der Waals surface area contributed by atoms with Crippen LogP contribution in [0.2, 0.25) is 0 Å². The van der Waals surface area contributed by atoms with Gasteiger partial charge in [0.1, 0.15) is 5.75 Å². The first kappa shape index (κ1) is 17.3. The zero-order valence-corrected chi connectivity index (χ0v) is 13.3. The van der Waals surface area contributed by atoms with Crippen LogP contribution in [0.1, 0.15) is 5.56 Å². The van der Waals surface area contributed by atoms with Crippen molar-refractivity contribution in [3.63, 3.8) is 0 Å². The van der Waals surface area contributed by atoms with Gasteiger partial charge in [-0.05, 0) is 18.2 Å². The summed E-state index contributed by atoms with van der Waals surface area (Å²) in [6.07, 6.45) is 0.252. The molecule has 0 saturated heterocycles. The number of carbonyl (C=O) groups is 1. The van der Waals surface area contributed by atoms with E-state index in [1.807, 2.05) is 24.3 Å². The van der Waals surface area contributed by atoms with E-state index in [1.54, 1.807) is 19.2 Å². The Labute approximate surface area is 139 Å². The molecule has 24 heavy (non-hydrogen) atoms. The number of nitrogens with zero attached hydrogens (tertiary/aromatic N) is 1. The molecule has 0 aliphatic carbocycles. The van der Waals surface area contributed by atoms with E-state index in [1.165, 1.54) is 12.1 Å². The monoisotopic (exact) mass is 329 g/mol. The number of hydrogen-bond acceptors (Lipinski definition) is 5. The fourth-order valence-corrected chi connectivity index (χ4v) is 2.19. The second kappa shape index (κ2) is 8.52.